The van der Waals surface area contributed by atoms with Crippen LogP contribution in [0.3, 0.4) is 0 Å². The second kappa shape index (κ2) is 10.1. The van der Waals surface area contributed by atoms with Gasteiger partial charge in [-0.2, -0.15) is 13.2 Å². The summed E-state index contributed by atoms with van der Waals surface area (Å²) in [5.74, 6) is 1.06. The van der Waals surface area contributed by atoms with E-state index in [0.29, 0.717) is 28.5 Å². The van der Waals surface area contributed by atoms with Crippen LogP contribution in [0.1, 0.15) is 18.5 Å². The third-order valence-corrected chi connectivity index (χ3v) is 6.02. The molecule has 1 fully saturated rings. The molecule has 9 nitrogen and oxygen atoms in total. The van der Waals surface area contributed by atoms with Crippen molar-refractivity contribution in [2.24, 2.45) is 0 Å². The average molecular weight is 499 g/mol. The number of piperazine rings is 1. The number of pyridine rings is 1. The normalized spacial score (nSPS) is 15.7. The zero-order chi connectivity index (χ0) is 25.1. The number of halogens is 3. The summed E-state index contributed by atoms with van der Waals surface area (Å²) in [7, 11) is 0. The minimum absolute atomic E-state index is 0.148. The first-order chi connectivity index (χ1) is 17.3. The number of alkyl halides is 3. The molecule has 0 aliphatic carbocycles. The summed E-state index contributed by atoms with van der Waals surface area (Å²) >= 11 is 0. The maximum atomic E-state index is 12.5. The molecule has 0 amide bonds. The molecule has 4 aromatic rings. The molecule has 1 aliphatic rings. The van der Waals surface area contributed by atoms with Crippen LogP contribution in [0.2, 0.25) is 0 Å². The predicted molar refractivity (Wildman–Crippen MR) is 129 cm³/mol. The van der Waals surface area contributed by atoms with E-state index in [1.807, 2.05) is 18.2 Å². The number of aromatic nitrogens is 5. The van der Waals surface area contributed by atoms with Crippen LogP contribution >= 0.6 is 0 Å². The summed E-state index contributed by atoms with van der Waals surface area (Å²) in [4.78, 5) is 22.6. The number of rotatable bonds is 7. The van der Waals surface area contributed by atoms with Gasteiger partial charge in [0.25, 0.3) is 0 Å². The molecule has 1 atom stereocenters. The van der Waals surface area contributed by atoms with Crippen molar-refractivity contribution in [2.75, 3.05) is 38.1 Å². The minimum Gasteiger partial charge on any atom is -0.468 e. The molecule has 0 saturated carbocycles. The quantitative estimate of drug-likeness (QED) is 0.351. The topological polar surface area (TPSA) is 104 Å². The summed E-state index contributed by atoms with van der Waals surface area (Å²) in [6.45, 7) is 4.75. The standard InChI is InChI=1S/C24H25F3N8O/c1-15(35-8-6-28-7-9-35)16-4-5-29-21(11-16)34-23-32-18-3-2-17(10-20(18)33-23)19-12-22(31-14-30-19)36-13-24(25,26)27/h2-5,10-12,14-15,28H,6-9,13H2,1H3,(H2,29,32,33,34). The van der Waals surface area contributed by atoms with Gasteiger partial charge in [0, 0.05) is 50.0 Å². The molecule has 3 aromatic heterocycles. The Morgan fingerprint density at radius 2 is 1.92 bits per heavy atom. The molecule has 36 heavy (non-hydrogen) atoms. The molecule has 12 heteroatoms. The van der Waals surface area contributed by atoms with Gasteiger partial charge in [-0.25, -0.2) is 19.9 Å². The van der Waals surface area contributed by atoms with E-state index in [-0.39, 0.29) is 11.9 Å². The van der Waals surface area contributed by atoms with E-state index in [0.717, 1.165) is 31.7 Å². The Bertz CT molecular complexity index is 1340. The van der Waals surface area contributed by atoms with Gasteiger partial charge in [0.15, 0.2) is 6.61 Å². The van der Waals surface area contributed by atoms with Crippen molar-refractivity contribution in [3.8, 4) is 17.1 Å². The summed E-state index contributed by atoms with van der Waals surface area (Å²) in [6.07, 6.45) is -1.49. The van der Waals surface area contributed by atoms with Gasteiger partial charge in [0.1, 0.15) is 12.1 Å². The number of fused-ring (bicyclic) bond motifs is 1. The van der Waals surface area contributed by atoms with Crippen LogP contribution in [-0.2, 0) is 0 Å². The lowest BCUT2D eigenvalue weighted by atomic mass is 10.1. The number of aromatic amines is 1. The van der Waals surface area contributed by atoms with Gasteiger partial charge in [0.2, 0.25) is 11.8 Å². The Morgan fingerprint density at radius 3 is 2.72 bits per heavy atom. The van der Waals surface area contributed by atoms with Crippen molar-refractivity contribution in [2.45, 2.75) is 19.1 Å². The van der Waals surface area contributed by atoms with Gasteiger partial charge >= 0.3 is 6.18 Å². The van der Waals surface area contributed by atoms with E-state index >= 15 is 0 Å². The molecule has 1 unspecified atom stereocenters. The Kier molecular flexibility index (Phi) is 6.70. The molecule has 0 spiro atoms. The molecule has 1 aliphatic heterocycles. The third kappa shape index (κ3) is 5.71. The molecular formula is C24H25F3N8O. The monoisotopic (exact) mass is 498 g/mol. The maximum absolute atomic E-state index is 12.5. The summed E-state index contributed by atoms with van der Waals surface area (Å²) < 4.78 is 42.1. The number of hydrogen-bond acceptors (Lipinski definition) is 8. The second-order valence-corrected chi connectivity index (χ2v) is 8.52. The fourth-order valence-electron chi connectivity index (χ4n) is 4.14. The van der Waals surface area contributed by atoms with E-state index in [9.17, 15) is 13.2 Å². The number of H-pyrrole nitrogens is 1. The van der Waals surface area contributed by atoms with E-state index in [1.54, 1.807) is 18.3 Å². The first-order valence-electron chi connectivity index (χ1n) is 11.5. The van der Waals surface area contributed by atoms with Crippen LogP contribution in [0.15, 0.2) is 48.9 Å². The van der Waals surface area contributed by atoms with Crippen molar-refractivity contribution >= 4 is 22.8 Å². The average Bonchev–Trinajstić information content (AvgIpc) is 3.29. The SMILES string of the molecule is CC(c1ccnc(Nc2nc3ccc(-c4cc(OCC(F)(F)F)ncn4)cc3[nH]2)c1)N1CCNCC1. The fraction of sp³-hybridized carbons (Fsp3) is 0.333. The number of hydrogen-bond donors (Lipinski definition) is 3. The van der Waals surface area contributed by atoms with E-state index in [2.05, 4.69) is 47.4 Å². The maximum Gasteiger partial charge on any atom is 0.422 e. The molecule has 3 N–H and O–H groups in total. The smallest absolute Gasteiger partial charge is 0.422 e. The lowest BCUT2D eigenvalue weighted by Gasteiger charge is -2.33. The Labute approximate surface area is 205 Å². The van der Waals surface area contributed by atoms with Crippen molar-refractivity contribution in [1.29, 1.82) is 0 Å². The highest BCUT2D eigenvalue weighted by Crippen LogP contribution is 2.27. The molecule has 0 bridgehead atoms. The number of ether oxygens (including phenoxy) is 1. The van der Waals surface area contributed by atoms with Gasteiger partial charge in [-0.15, -0.1) is 0 Å². The summed E-state index contributed by atoms with van der Waals surface area (Å²) in [5.41, 5.74) is 3.73. The van der Waals surface area contributed by atoms with Gasteiger partial charge in [-0.05, 0) is 36.8 Å². The third-order valence-electron chi connectivity index (χ3n) is 6.02. The van der Waals surface area contributed by atoms with Crippen LogP contribution < -0.4 is 15.4 Å². The minimum atomic E-state index is -4.44. The highest BCUT2D eigenvalue weighted by molar-refractivity contribution is 5.83. The van der Waals surface area contributed by atoms with E-state index in [4.69, 9.17) is 4.74 Å². The van der Waals surface area contributed by atoms with Crippen molar-refractivity contribution in [3.63, 3.8) is 0 Å². The lowest BCUT2D eigenvalue weighted by Crippen LogP contribution is -2.44. The Hall–Kier alpha value is -3.77. The molecule has 1 aromatic carbocycles. The van der Waals surface area contributed by atoms with Crippen LogP contribution in [0, 0.1) is 0 Å². The second-order valence-electron chi connectivity index (χ2n) is 8.52. The molecule has 0 radical (unpaired) electrons. The molecule has 1 saturated heterocycles. The van der Waals surface area contributed by atoms with Gasteiger partial charge < -0.3 is 20.4 Å². The van der Waals surface area contributed by atoms with Gasteiger partial charge in [0.05, 0.1) is 16.7 Å². The molecule has 4 heterocycles. The highest BCUT2D eigenvalue weighted by atomic mass is 19.4. The van der Waals surface area contributed by atoms with Crippen LogP contribution in [0.5, 0.6) is 5.88 Å². The number of nitrogens with one attached hydrogen (secondary N) is 3. The van der Waals surface area contributed by atoms with Crippen LogP contribution in [0.25, 0.3) is 22.3 Å². The number of benzene rings is 1. The van der Waals surface area contributed by atoms with Gasteiger partial charge in [-0.1, -0.05) is 6.07 Å². The van der Waals surface area contributed by atoms with Gasteiger partial charge in [-0.3, -0.25) is 4.90 Å². The number of nitrogens with zero attached hydrogens (tertiary/aromatic N) is 5. The van der Waals surface area contributed by atoms with E-state index in [1.165, 1.54) is 18.0 Å². The Balaban J connectivity index is 1.32. The lowest BCUT2D eigenvalue weighted by molar-refractivity contribution is -0.154. The number of imidazole rings is 1. The Morgan fingerprint density at radius 1 is 1.08 bits per heavy atom. The fourth-order valence-corrected chi connectivity index (χ4v) is 4.14. The van der Waals surface area contributed by atoms with Crippen molar-refractivity contribution < 1.29 is 17.9 Å². The predicted octanol–water partition coefficient (Wildman–Crippen LogP) is 4.07. The van der Waals surface area contributed by atoms with Crippen LogP contribution in [0.4, 0.5) is 24.9 Å². The zero-order valence-corrected chi connectivity index (χ0v) is 19.5. The molecular weight excluding hydrogens is 473 g/mol. The van der Waals surface area contributed by atoms with Crippen LogP contribution in [-0.4, -0.2) is 68.8 Å². The highest BCUT2D eigenvalue weighted by Gasteiger charge is 2.28. The largest absolute Gasteiger partial charge is 0.468 e. The van der Waals surface area contributed by atoms with Crippen molar-refractivity contribution in [3.05, 3.63) is 54.5 Å². The molecule has 188 valence electrons. The van der Waals surface area contributed by atoms with Crippen molar-refractivity contribution in [1.82, 2.24) is 35.1 Å². The summed E-state index contributed by atoms with van der Waals surface area (Å²) in [5, 5.41) is 6.60. The first-order valence-corrected chi connectivity index (χ1v) is 11.5. The summed E-state index contributed by atoms with van der Waals surface area (Å²) in [6, 6.07) is 11.1. The van der Waals surface area contributed by atoms with E-state index < -0.39 is 12.8 Å². The zero-order valence-electron chi connectivity index (χ0n) is 19.5. The number of anilines is 2. The first kappa shape index (κ1) is 23.9. The molecule has 5 rings (SSSR count).